The van der Waals surface area contributed by atoms with Crippen molar-refractivity contribution in [3.05, 3.63) is 0 Å². The second-order valence-corrected chi connectivity index (χ2v) is 4.69. The van der Waals surface area contributed by atoms with E-state index in [1.165, 1.54) is 44.9 Å². The van der Waals surface area contributed by atoms with Crippen molar-refractivity contribution in [2.45, 2.75) is 44.9 Å². The molecule has 1 aliphatic heterocycles. The zero-order valence-electron chi connectivity index (χ0n) is 8.21. The van der Waals surface area contributed by atoms with Gasteiger partial charge in [-0.1, -0.05) is 32.1 Å². The lowest BCUT2D eigenvalue weighted by Crippen LogP contribution is -2.15. The quantitative estimate of drug-likeness (QED) is 0.480. The topological polar surface area (TPSA) is 20.3 Å². The van der Waals surface area contributed by atoms with Crippen LogP contribution in [0.15, 0.2) is 0 Å². The van der Waals surface area contributed by atoms with E-state index in [0.717, 1.165) is 18.7 Å². The highest BCUT2D eigenvalue weighted by atomic mass is 32.2. The Morgan fingerprint density at radius 2 is 1.54 bits per heavy atom. The fourth-order valence-electron chi connectivity index (χ4n) is 1.58. The van der Waals surface area contributed by atoms with Crippen LogP contribution in [0.5, 0.6) is 0 Å². The normalized spacial score (nSPS) is 22.0. The van der Waals surface area contributed by atoms with Crippen LogP contribution in [-0.4, -0.2) is 23.0 Å². The predicted octanol–water partition coefficient (Wildman–Crippen LogP) is 2.84. The summed E-state index contributed by atoms with van der Waals surface area (Å²) < 4.78 is 1.85. The summed E-state index contributed by atoms with van der Waals surface area (Å²) in [6.45, 7) is 0.939. The third-order valence-electron chi connectivity index (χ3n) is 2.40. The van der Waals surface area contributed by atoms with Crippen LogP contribution < -0.4 is 0 Å². The third-order valence-corrected chi connectivity index (χ3v) is 3.47. The van der Waals surface area contributed by atoms with E-state index >= 15 is 0 Å². The predicted molar refractivity (Wildman–Crippen MR) is 57.5 cm³/mol. The number of nitrogens with zero attached hydrogens (tertiary/aromatic N) is 1. The molecule has 0 aromatic heterocycles. The minimum atomic E-state index is 0.939. The Hall–Kier alpha value is -0.180. The van der Waals surface area contributed by atoms with Crippen LogP contribution in [0, 0.1) is 0 Å². The van der Waals surface area contributed by atoms with E-state index in [-0.39, 0.29) is 0 Å². The van der Waals surface area contributed by atoms with Gasteiger partial charge in [0.1, 0.15) is 0 Å². The van der Waals surface area contributed by atoms with Crippen LogP contribution in [0.1, 0.15) is 44.9 Å². The van der Waals surface area contributed by atoms with Crippen LogP contribution in [0.25, 0.3) is 0 Å². The molecule has 0 bridgehead atoms. The minimum absolute atomic E-state index is 0.939. The Balaban J connectivity index is 2.22. The van der Waals surface area contributed by atoms with Gasteiger partial charge in [-0.25, -0.2) is 0 Å². The zero-order chi connectivity index (χ0) is 9.36. The second-order valence-electron chi connectivity index (χ2n) is 3.55. The van der Waals surface area contributed by atoms with Crippen LogP contribution in [0.2, 0.25) is 0 Å². The largest absolute Gasteiger partial charge is 0.289 e. The molecule has 1 aliphatic rings. The molecule has 1 amide bonds. The molecule has 0 saturated carbocycles. The fourth-order valence-corrected chi connectivity index (χ4v) is 2.47. The Morgan fingerprint density at radius 1 is 0.923 bits per heavy atom. The van der Waals surface area contributed by atoms with Gasteiger partial charge >= 0.3 is 0 Å². The maximum atomic E-state index is 10.6. The molecule has 0 spiro atoms. The van der Waals surface area contributed by atoms with E-state index in [1.807, 2.05) is 4.31 Å². The van der Waals surface area contributed by atoms with Crippen molar-refractivity contribution in [2.24, 2.45) is 0 Å². The van der Waals surface area contributed by atoms with E-state index in [2.05, 4.69) is 0 Å². The lowest BCUT2D eigenvalue weighted by molar-refractivity contribution is -0.113. The van der Waals surface area contributed by atoms with Gasteiger partial charge in [0.15, 0.2) is 0 Å². The molecule has 1 saturated heterocycles. The van der Waals surface area contributed by atoms with Crippen molar-refractivity contribution in [2.75, 3.05) is 12.3 Å². The highest BCUT2D eigenvalue weighted by Gasteiger charge is 2.03. The van der Waals surface area contributed by atoms with E-state index in [1.54, 1.807) is 11.9 Å². The number of carbonyl (C=O) groups excluding carboxylic acids is 1. The van der Waals surface area contributed by atoms with Crippen LogP contribution in [0.4, 0.5) is 0 Å². The number of carbonyl (C=O) groups is 1. The van der Waals surface area contributed by atoms with E-state index < -0.39 is 0 Å². The van der Waals surface area contributed by atoms with E-state index in [4.69, 9.17) is 0 Å². The molecule has 1 fully saturated rings. The first-order valence-corrected chi connectivity index (χ1v) is 6.22. The Kier molecular flexibility index (Phi) is 6.07. The van der Waals surface area contributed by atoms with Crippen molar-refractivity contribution in [1.29, 1.82) is 0 Å². The van der Waals surface area contributed by atoms with E-state index in [9.17, 15) is 4.79 Å². The van der Waals surface area contributed by atoms with Crippen molar-refractivity contribution in [3.63, 3.8) is 0 Å². The van der Waals surface area contributed by atoms with Crippen molar-refractivity contribution in [3.8, 4) is 0 Å². The second kappa shape index (κ2) is 7.25. The maximum absolute atomic E-state index is 10.6. The van der Waals surface area contributed by atoms with Crippen LogP contribution in [0.3, 0.4) is 0 Å². The lowest BCUT2D eigenvalue weighted by atomic mass is 10.1. The third kappa shape index (κ3) is 5.19. The zero-order valence-corrected chi connectivity index (χ0v) is 9.02. The van der Waals surface area contributed by atoms with Gasteiger partial charge in [0.2, 0.25) is 6.41 Å². The molecular formula is C10H19NOS. The van der Waals surface area contributed by atoms with Gasteiger partial charge in [0.05, 0.1) is 0 Å². The van der Waals surface area contributed by atoms with Crippen molar-refractivity contribution in [1.82, 2.24) is 4.31 Å². The average molecular weight is 201 g/mol. The first kappa shape index (κ1) is 10.9. The van der Waals surface area contributed by atoms with Crippen molar-refractivity contribution < 1.29 is 4.79 Å². The molecular weight excluding hydrogens is 182 g/mol. The lowest BCUT2D eigenvalue weighted by Gasteiger charge is -2.14. The summed E-state index contributed by atoms with van der Waals surface area (Å²) in [5.41, 5.74) is 0. The first-order valence-electron chi connectivity index (χ1n) is 5.28. The standard InChI is InChI=1S/C10H19NOS/c12-10-11-8-6-4-2-1-3-5-7-9-13-11/h10H,1-9H2. The molecule has 3 heteroatoms. The number of hydrogen-bond donors (Lipinski definition) is 0. The van der Waals surface area contributed by atoms with Gasteiger partial charge in [-0.3, -0.25) is 9.10 Å². The van der Waals surface area contributed by atoms with Gasteiger partial charge in [-0.15, -0.1) is 0 Å². The summed E-state index contributed by atoms with van der Waals surface area (Å²) in [5.74, 6) is 1.11. The fraction of sp³-hybridized carbons (Fsp3) is 0.900. The minimum Gasteiger partial charge on any atom is -0.289 e. The molecule has 1 heterocycles. The molecule has 13 heavy (non-hydrogen) atoms. The van der Waals surface area contributed by atoms with Gasteiger partial charge in [0, 0.05) is 12.3 Å². The molecule has 2 nitrogen and oxygen atoms in total. The maximum Gasteiger partial charge on any atom is 0.219 e. The number of amides is 1. The molecule has 0 aromatic carbocycles. The summed E-state index contributed by atoms with van der Waals surface area (Å²) in [7, 11) is 0. The van der Waals surface area contributed by atoms with Gasteiger partial charge < -0.3 is 0 Å². The highest BCUT2D eigenvalue weighted by Crippen LogP contribution is 2.16. The molecule has 76 valence electrons. The smallest absolute Gasteiger partial charge is 0.219 e. The van der Waals surface area contributed by atoms with Crippen molar-refractivity contribution >= 4 is 18.4 Å². The summed E-state index contributed by atoms with van der Waals surface area (Å²) in [5, 5.41) is 0. The SMILES string of the molecule is O=CN1CCCCCCCCCS1. The molecule has 0 atom stereocenters. The molecule has 0 unspecified atom stereocenters. The molecule has 0 aromatic rings. The molecule has 0 radical (unpaired) electrons. The molecule has 0 N–H and O–H groups in total. The summed E-state index contributed by atoms with van der Waals surface area (Å²) in [6.07, 6.45) is 10.1. The summed E-state index contributed by atoms with van der Waals surface area (Å²) in [4.78, 5) is 10.6. The first-order chi connectivity index (χ1) is 6.43. The monoisotopic (exact) mass is 201 g/mol. The molecule has 0 aliphatic carbocycles. The van der Waals surface area contributed by atoms with Gasteiger partial charge in [-0.05, 0) is 24.8 Å². The van der Waals surface area contributed by atoms with Crippen LogP contribution in [-0.2, 0) is 4.79 Å². The Labute approximate surface area is 85.2 Å². The summed E-state index contributed by atoms with van der Waals surface area (Å²) >= 11 is 1.69. The Bertz CT molecular complexity index is 129. The average Bonchev–Trinajstić information content (AvgIpc) is 2.22. The summed E-state index contributed by atoms with van der Waals surface area (Å²) in [6, 6.07) is 0. The van der Waals surface area contributed by atoms with Crippen LogP contribution >= 0.6 is 11.9 Å². The van der Waals surface area contributed by atoms with Gasteiger partial charge in [0.25, 0.3) is 0 Å². The van der Waals surface area contributed by atoms with E-state index in [0.29, 0.717) is 0 Å². The molecule has 1 rings (SSSR count). The highest BCUT2D eigenvalue weighted by molar-refractivity contribution is 7.97. The number of rotatable bonds is 1. The van der Waals surface area contributed by atoms with Gasteiger partial charge in [-0.2, -0.15) is 0 Å². The number of hydrogen-bond acceptors (Lipinski definition) is 2. The Morgan fingerprint density at radius 3 is 2.23 bits per heavy atom.